The summed E-state index contributed by atoms with van der Waals surface area (Å²) in [5, 5.41) is 2.98. The minimum Gasteiger partial charge on any atom is -0.484 e. The molecule has 0 spiro atoms. The maximum absolute atomic E-state index is 14.6. The highest BCUT2D eigenvalue weighted by atomic mass is 19.1. The van der Waals surface area contributed by atoms with Gasteiger partial charge in [0.2, 0.25) is 5.91 Å². The van der Waals surface area contributed by atoms with Crippen LogP contribution in [0.4, 0.5) is 10.1 Å². The summed E-state index contributed by atoms with van der Waals surface area (Å²) in [6.07, 6.45) is 6.24. The number of anilines is 1. The number of likely N-dealkylation sites (tertiary alicyclic amines) is 1. The van der Waals surface area contributed by atoms with Gasteiger partial charge in [-0.15, -0.1) is 0 Å². The van der Waals surface area contributed by atoms with Gasteiger partial charge in [-0.3, -0.25) is 9.59 Å². The first-order chi connectivity index (χ1) is 15.1. The summed E-state index contributed by atoms with van der Waals surface area (Å²) in [6, 6.07) is 13.6. The Balaban J connectivity index is 1.42. The number of hydrogen-bond acceptors (Lipinski definition) is 3. The lowest BCUT2D eigenvalue weighted by molar-refractivity contribution is -0.132. The molecule has 31 heavy (non-hydrogen) atoms. The van der Waals surface area contributed by atoms with Crippen LogP contribution < -0.4 is 10.1 Å². The fourth-order valence-corrected chi connectivity index (χ4v) is 4.71. The molecule has 1 saturated heterocycles. The first-order valence-electron chi connectivity index (χ1n) is 11.2. The SMILES string of the molecule is O=C(COc1ccc(NC(=O)C2(c3ccccc3F)CCCCC2)cc1)N1CCCC1. The van der Waals surface area contributed by atoms with Crippen LogP contribution in [0.3, 0.4) is 0 Å². The number of carbonyl (C=O) groups excluding carboxylic acids is 2. The molecule has 0 bridgehead atoms. The zero-order valence-corrected chi connectivity index (χ0v) is 17.7. The molecular formula is C25H29FN2O3. The van der Waals surface area contributed by atoms with Crippen molar-refractivity contribution in [1.29, 1.82) is 0 Å². The second-order valence-electron chi connectivity index (χ2n) is 8.48. The Bertz CT molecular complexity index is 917. The molecule has 2 aromatic rings. The summed E-state index contributed by atoms with van der Waals surface area (Å²) in [6.45, 7) is 1.62. The molecule has 1 saturated carbocycles. The standard InChI is InChI=1S/C25H29FN2O3/c26-22-9-3-2-8-21(22)25(14-4-1-5-15-25)24(30)27-19-10-12-20(13-11-19)31-18-23(29)28-16-6-7-17-28/h2-3,8-13H,1,4-7,14-18H2,(H,27,30). The van der Waals surface area contributed by atoms with Gasteiger partial charge in [0.05, 0.1) is 5.41 Å². The van der Waals surface area contributed by atoms with Crippen LogP contribution in [0.1, 0.15) is 50.5 Å². The van der Waals surface area contributed by atoms with Gasteiger partial charge >= 0.3 is 0 Å². The van der Waals surface area contributed by atoms with E-state index < -0.39 is 5.41 Å². The number of rotatable bonds is 6. The first-order valence-corrected chi connectivity index (χ1v) is 11.2. The van der Waals surface area contributed by atoms with Gasteiger partial charge in [-0.1, -0.05) is 37.5 Å². The number of carbonyl (C=O) groups is 2. The smallest absolute Gasteiger partial charge is 0.260 e. The minimum atomic E-state index is -0.846. The summed E-state index contributed by atoms with van der Waals surface area (Å²) < 4.78 is 20.2. The molecule has 0 unspecified atom stereocenters. The summed E-state index contributed by atoms with van der Waals surface area (Å²) in [7, 11) is 0. The molecule has 0 atom stereocenters. The van der Waals surface area contributed by atoms with Crippen LogP contribution in [0, 0.1) is 5.82 Å². The summed E-state index contributed by atoms with van der Waals surface area (Å²) in [5.41, 5.74) is 0.262. The van der Waals surface area contributed by atoms with E-state index >= 15 is 0 Å². The van der Waals surface area contributed by atoms with Crippen LogP contribution in [-0.4, -0.2) is 36.4 Å². The van der Waals surface area contributed by atoms with Crippen LogP contribution in [0.25, 0.3) is 0 Å². The van der Waals surface area contributed by atoms with Crippen molar-refractivity contribution in [3.8, 4) is 5.75 Å². The summed E-state index contributed by atoms with van der Waals surface area (Å²) in [5.74, 6) is 0.0761. The third-order valence-corrected chi connectivity index (χ3v) is 6.46. The number of benzene rings is 2. The van der Waals surface area contributed by atoms with Crippen LogP contribution in [-0.2, 0) is 15.0 Å². The zero-order chi connectivity index (χ0) is 21.7. The second kappa shape index (κ2) is 9.50. The van der Waals surface area contributed by atoms with Crippen LogP contribution >= 0.6 is 0 Å². The highest BCUT2D eigenvalue weighted by molar-refractivity contribution is 5.99. The number of halogens is 1. The predicted molar refractivity (Wildman–Crippen MR) is 118 cm³/mol. The fraction of sp³-hybridized carbons (Fsp3) is 0.440. The van der Waals surface area contributed by atoms with Gasteiger partial charge in [0.1, 0.15) is 11.6 Å². The van der Waals surface area contributed by atoms with Gasteiger partial charge in [-0.25, -0.2) is 4.39 Å². The molecule has 164 valence electrons. The Morgan fingerprint density at radius 3 is 2.29 bits per heavy atom. The molecule has 0 radical (unpaired) electrons. The van der Waals surface area contributed by atoms with E-state index in [4.69, 9.17) is 4.74 Å². The predicted octanol–water partition coefficient (Wildman–Crippen LogP) is 4.67. The molecule has 1 aliphatic heterocycles. The fourth-order valence-electron chi connectivity index (χ4n) is 4.71. The topological polar surface area (TPSA) is 58.6 Å². The molecule has 2 aliphatic rings. The quantitative estimate of drug-likeness (QED) is 0.733. The lowest BCUT2D eigenvalue weighted by Crippen LogP contribution is -2.42. The lowest BCUT2D eigenvalue weighted by atomic mass is 9.68. The second-order valence-corrected chi connectivity index (χ2v) is 8.48. The van der Waals surface area contributed by atoms with E-state index in [1.54, 1.807) is 42.5 Å². The van der Waals surface area contributed by atoms with E-state index in [0.717, 1.165) is 45.2 Å². The molecule has 1 aliphatic carbocycles. The molecule has 5 nitrogen and oxygen atoms in total. The van der Waals surface area contributed by atoms with E-state index in [9.17, 15) is 14.0 Å². The third-order valence-electron chi connectivity index (χ3n) is 6.46. The highest BCUT2D eigenvalue weighted by Crippen LogP contribution is 2.41. The van der Waals surface area contributed by atoms with Gasteiger partial charge in [0.15, 0.2) is 6.61 Å². The van der Waals surface area contributed by atoms with Crippen molar-refractivity contribution in [2.24, 2.45) is 0 Å². The largest absolute Gasteiger partial charge is 0.484 e. The van der Waals surface area contributed by atoms with Crippen LogP contribution in [0.15, 0.2) is 48.5 Å². The number of amides is 2. The van der Waals surface area contributed by atoms with Crippen LogP contribution in [0.5, 0.6) is 5.75 Å². The van der Waals surface area contributed by atoms with E-state index in [0.29, 0.717) is 29.8 Å². The van der Waals surface area contributed by atoms with Crippen molar-refractivity contribution >= 4 is 17.5 Å². The van der Waals surface area contributed by atoms with Crippen molar-refractivity contribution in [3.63, 3.8) is 0 Å². The Kier molecular flexibility index (Phi) is 6.54. The Labute approximate surface area is 182 Å². The molecule has 2 aromatic carbocycles. The molecule has 2 amide bonds. The maximum Gasteiger partial charge on any atom is 0.260 e. The monoisotopic (exact) mass is 424 g/mol. The van der Waals surface area contributed by atoms with Crippen molar-refractivity contribution in [2.45, 2.75) is 50.4 Å². The first kappa shape index (κ1) is 21.3. The van der Waals surface area contributed by atoms with Gasteiger partial charge in [0.25, 0.3) is 5.91 Å². The zero-order valence-electron chi connectivity index (χ0n) is 17.7. The summed E-state index contributed by atoms with van der Waals surface area (Å²) >= 11 is 0. The number of nitrogens with zero attached hydrogens (tertiary/aromatic N) is 1. The van der Waals surface area contributed by atoms with Crippen molar-refractivity contribution in [3.05, 3.63) is 59.9 Å². The average Bonchev–Trinajstić information content (AvgIpc) is 3.34. The van der Waals surface area contributed by atoms with Crippen molar-refractivity contribution < 1.29 is 18.7 Å². The lowest BCUT2D eigenvalue weighted by Gasteiger charge is -2.36. The van der Waals surface area contributed by atoms with E-state index in [2.05, 4.69) is 5.32 Å². The molecule has 4 rings (SSSR count). The van der Waals surface area contributed by atoms with E-state index in [-0.39, 0.29) is 24.2 Å². The molecule has 0 aromatic heterocycles. The number of ether oxygens (including phenoxy) is 1. The van der Waals surface area contributed by atoms with E-state index in [1.165, 1.54) is 6.07 Å². The maximum atomic E-state index is 14.6. The summed E-state index contributed by atoms with van der Waals surface area (Å²) in [4.78, 5) is 27.3. The van der Waals surface area contributed by atoms with Gasteiger partial charge < -0.3 is 15.0 Å². The Morgan fingerprint density at radius 1 is 0.935 bits per heavy atom. The molecular weight excluding hydrogens is 395 g/mol. The molecule has 2 fully saturated rings. The molecule has 1 heterocycles. The Morgan fingerprint density at radius 2 is 1.61 bits per heavy atom. The van der Waals surface area contributed by atoms with Crippen LogP contribution in [0.2, 0.25) is 0 Å². The Hall–Kier alpha value is -2.89. The third kappa shape index (κ3) is 4.73. The van der Waals surface area contributed by atoms with Gasteiger partial charge in [0, 0.05) is 24.3 Å². The van der Waals surface area contributed by atoms with Gasteiger partial charge in [-0.05, 0) is 56.0 Å². The highest BCUT2D eigenvalue weighted by Gasteiger charge is 2.42. The molecule has 1 N–H and O–H groups in total. The van der Waals surface area contributed by atoms with Crippen molar-refractivity contribution in [1.82, 2.24) is 4.90 Å². The average molecular weight is 425 g/mol. The normalized spacial score (nSPS) is 17.9. The minimum absolute atomic E-state index is 0.000919. The number of hydrogen-bond donors (Lipinski definition) is 1. The molecule has 6 heteroatoms. The number of nitrogens with one attached hydrogen (secondary N) is 1. The van der Waals surface area contributed by atoms with Gasteiger partial charge in [-0.2, -0.15) is 0 Å². The van der Waals surface area contributed by atoms with E-state index in [1.807, 2.05) is 4.90 Å². The van der Waals surface area contributed by atoms with Crippen molar-refractivity contribution in [2.75, 3.05) is 25.0 Å².